The van der Waals surface area contributed by atoms with Crippen molar-refractivity contribution in [3.8, 4) is 11.5 Å². The van der Waals surface area contributed by atoms with Gasteiger partial charge in [-0.1, -0.05) is 6.07 Å². The van der Waals surface area contributed by atoms with Gasteiger partial charge in [0.2, 0.25) is 0 Å². The fraction of sp³-hybridized carbons (Fsp3) is 0. The first kappa shape index (κ1) is 9.12. The highest BCUT2D eigenvalue weighted by atomic mass is 16.4. The number of hydrogen-bond acceptors (Lipinski definition) is 3. The average Bonchev–Trinajstić information content (AvgIpc) is 2.07. The molecule has 1 aromatic carbocycles. The summed E-state index contributed by atoms with van der Waals surface area (Å²) in [4.78, 5) is 10.1. The largest absolute Gasteiger partial charge is 0.504 e. The highest BCUT2D eigenvalue weighted by Crippen LogP contribution is 2.25. The van der Waals surface area contributed by atoms with E-state index in [1.54, 1.807) is 0 Å². The monoisotopic (exact) mass is 181 g/mol. The van der Waals surface area contributed by atoms with Crippen molar-refractivity contribution in [2.75, 3.05) is 0 Å². The zero-order valence-electron chi connectivity index (χ0n) is 6.64. The van der Waals surface area contributed by atoms with Gasteiger partial charge in [0.15, 0.2) is 11.5 Å². The molecule has 0 aliphatic heterocycles. The van der Waals surface area contributed by atoms with Crippen LogP contribution in [0.1, 0.15) is 5.56 Å². The van der Waals surface area contributed by atoms with Crippen LogP contribution in [0.4, 0.5) is 0 Å². The number of carboxylic acid groups (broad SMARTS) is 1. The molecule has 0 saturated carbocycles. The SMILES string of the molecule is O=C(O)C=Cc1ccc(O)c(O)[13cH]1. The Morgan fingerprint density at radius 3 is 2.46 bits per heavy atom. The Kier molecular flexibility index (Phi) is 2.54. The normalized spacial score (nSPS) is 10.5. The van der Waals surface area contributed by atoms with E-state index in [2.05, 4.69) is 0 Å². The van der Waals surface area contributed by atoms with Gasteiger partial charge in [0.1, 0.15) is 0 Å². The number of carboxylic acids is 1. The van der Waals surface area contributed by atoms with Crippen LogP contribution >= 0.6 is 0 Å². The Bertz CT molecular complexity index is 355. The maximum absolute atomic E-state index is 10.1. The predicted molar refractivity (Wildman–Crippen MR) is 46.4 cm³/mol. The van der Waals surface area contributed by atoms with E-state index in [0.29, 0.717) is 5.56 Å². The number of benzene rings is 1. The molecule has 0 bridgehead atoms. The Morgan fingerprint density at radius 2 is 1.92 bits per heavy atom. The fourth-order valence-corrected chi connectivity index (χ4v) is 0.812. The summed E-state index contributed by atoms with van der Waals surface area (Å²) in [5.41, 5.74) is 0.512. The average molecular weight is 181 g/mol. The molecule has 0 spiro atoms. The van der Waals surface area contributed by atoms with E-state index in [1.165, 1.54) is 24.3 Å². The first-order valence-electron chi connectivity index (χ1n) is 3.52. The van der Waals surface area contributed by atoms with Gasteiger partial charge in [0.25, 0.3) is 0 Å². The summed E-state index contributed by atoms with van der Waals surface area (Å²) < 4.78 is 0. The van der Waals surface area contributed by atoms with Crippen molar-refractivity contribution in [2.45, 2.75) is 0 Å². The summed E-state index contributed by atoms with van der Waals surface area (Å²) in [6.45, 7) is 0. The number of rotatable bonds is 2. The van der Waals surface area contributed by atoms with Crippen molar-refractivity contribution in [2.24, 2.45) is 0 Å². The molecule has 0 amide bonds. The number of carbonyl (C=O) groups is 1. The van der Waals surface area contributed by atoms with Crippen LogP contribution in [0.5, 0.6) is 11.5 Å². The van der Waals surface area contributed by atoms with Crippen LogP contribution in [0.2, 0.25) is 0 Å². The van der Waals surface area contributed by atoms with Crippen molar-refractivity contribution in [1.82, 2.24) is 0 Å². The third-order valence-electron chi connectivity index (χ3n) is 1.42. The Balaban J connectivity index is 2.92. The highest BCUT2D eigenvalue weighted by molar-refractivity contribution is 5.85. The highest BCUT2D eigenvalue weighted by Gasteiger charge is 1.97. The minimum absolute atomic E-state index is 0.229. The van der Waals surface area contributed by atoms with Crippen LogP contribution in [0.3, 0.4) is 0 Å². The third-order valence-corrected chi connectivity index (χ3v) is 1.42. The van der Waals surface area contributed by atoms with Gasteiger partial charge >= 0.3 is 5.97 Å². The first-order chi connectivity index (χ1) is 6.09. The summed E-state index contributed by atoms with van der Waals surface area (Å²) >= 11 is 0. The maximum Gasteiger partial charge on any atom is 0.328 e. The second-order valence-corrected chi connectivity index (χ2v) is 2.42. The molecule has 0 aliphatic carbocycles. The summed E-state index contributed by atoms with van der Waals surface area (Å²) in [7, 11) is 0. The van der Waals surface area contributed by atoms with Crippen LogP contribution in [-0.2, 0) is 4.79 Å². The standard InChI is InChI=1S/C9H8O4/c10-7-3-1-6(5-8(7)11)2-4-9(12)13/h1-5,10-11H,(H,12,13)/i5+1. The molecule has 1 rings (SSSR count). The molecule has 68 valence electrons. The number of phenolic OH excluding ortho intramolecular Hbond substituents is 2. The van der Waals surface area contributed by atoms with Crippen LogP contribution < -0.4 is 0 Å². The lowest BCUT2D eigenvalue weighted by atomic mass is 10.3. The van der Waals surface area contributed by atoms with Crippen molar-refractivity contribution in [3.05, 3.63) is 29.8 Å². The van der Waals surface area contributed by atoms with E-state index < -0.39 is 5.97 Å². The molecule has 0 heterocycles. The van der Waals surface area contributed by atoms with E-state index >= 15 is 0 Å². The smallest absolute Gasteiger partial charge is 0.328 e. The maximum atomic E-state index is 10.1. The van der Waals surface area contributed by atoms with Gasteiger partial charge in [-0.25, -0.2) is 4.79 Å². The van der Waals surface area contributed by atoms with Crippen molar-refractivity contribution in [3.63, 3.8) is 0 Å². The van der Waals surface area contributed by atoms with Crippen LogP contribution in [0, 0.1) is 0 Å². The predicted octanol–water partition coefficient (Wildman–Crippen LogP) is 1.20. The molecule has 0 unspecified atom stereocenters. The summed E-state index contributed by atoms with van der Waals surface area (Å²) in [5, 5.41) is 26.3. The first-order valence-corrected chi connectivity index (χ1v) is 3.52. The van der Waals surface area contributed by atoms with Gasteiger partial charge in [-0.15, -0.1) is 0 Å². The zero-order valence-corrected chi connectivity index (χ0v) is 6.64. The molecular formula is C9H8O4. The minimum Gasteiger partial charge on any atom is -0.504 e. The molecule has 4 heteroatoms. The molecule has 0 radical (unpaired) electrons. The second kappa shape index (κ2) is 3.62. The summed E-state index contributed by atoms with van der Waals surface area (Å²) in [5.74, 6) is -1.56. The number of hydrogen-bond donors (Lipinski definition) is 3. The Hall–Kier alpha value is -1.97. The fourth-order valence-electron chi connectivity index (χ4n) is 0.812. The molecule has 0 atom stereocenters. The number of aliphatic carboxylic acids is 1. The molecule has 0 aromatic heterocycles. The third kappa shape index (κ3) is 2.52. The van der Waals surface area contributed by atoms with Gasteiger partial charge in [-0.05, 0) is 23.8 Å². The summed E-state index contributed by atoms with van der Waals surface area (Å²) in [6, 6.07) is 4.06. The van der Waals surface area contributed by atoms with Crippen molar-refractivity contribution < 1.29 is 20.1 Å². The van der Waals surface area contributed by atoms with Gasteiger partial charge in [0, 0.05) is 6.08 Å². The van der Waals surface area contributed by atoms with E-state index in [9.17, 15) is 4.79 Å². The zero-order chi connectivity index (χ0) is 9.84. The molecule has 4 nitrogen and oxygen atoms in total. The second-order valence-electron chi connectivity index (χ2n) is 2.42. The summed E-state index contributed by atoms with van der Waals surface area (Å²) in [6.07, 6.45) is 2.27. The molecule has 0 fully saturated rings. The van der Waals surface area contributed by atoms with E-state index in [0.717, 1.165) is 6.08 Å². The minimum atomic E-state index is -1.06. The lowest BCUT2D eigenvalue weighted by Crippen LogP contribution is -1.85. The van der Waals surface area contributed by atoms with Crippen LogP contribution in [0.25, 0.3) is 6.08 Å². The Morgan fingerprint density at radius 1 is 1.23 bits per heavy atom. The molecule has 13 heavy (non-hydrogen) atoms. The molecule has 0 aliphatic rings. The molecule has 3 N–H and O–H groups in total. The Labute approximate surface area is 74.4 Å². The van der Waals surface area contributed by atoms with Gasteiger partial charge in [-0.3, -0.25) is 0 Å². The van der Waals surface area contributed by atoms with Gasteiger partial charge < -0.3 is 15.3 Å². The van der Waals surface area contributed by atoms with Gasteiger partial charge in [0.05, 0.1) is 0 Å². The van der Waals surface area contributed by atoms with Crippen LogP contribution in [0.15, 0.2) is 24.3 Å². The van der Waals surface area contributed by atoms with E-state index in [4.69, 9.17) is 15.3 Å². The van der Waals surface area contributed by atoms with Gasteiger partial charge in [-0.2, -0.15) is 0 Å². The van der Waals surface area contributed by atoms with E-state index in [-0.39, 0.29) is 11.5 Å². The van der Waals surface area contributed by atoms with Crippen molar-refractivity contribution >= 4 is 12.0 Å². The van der Waals surface area contributed by atoms with E-state index in [1.807, 2.05) is 0 Å². The lowest BCUT2D eigenvalue weighted by Gasteiger charge is -1.97. The van der Waals surface area contributed by atoms with Crippen LogP contribution in [-0.4, -0.2) is 21.3 Å². The number of aromatic hydroxyl groups is 2. The number of phenols is 2. The lowest BCUT2D eigenvalue weighted by molar-refractivity contribution is -0.131. The quantitative estimate of drug-likeness (QED) is 0.473. The molecular weight excluding hydrogens is 173 g/mol. The molecule has 0 saturated heterocycles. The topological polar surface area (TPSA) is 77.8 Å². The van der Waals surface area contributed by atoms with Crippen molar-refractivity contribution in [1.29, 1.82) is 0 Å². The molecule has 1 aromatic rings.